The highest BCUT2D eigenvalue weighted by molar-refractivity contribution is 5.91. The molecule has 1 heterocycles. The van der Waals surface area contributed by atoms with E-state index in [-0.39, 0.29) is 11.8 Å². The van der Waals surface area contributed by atoms with Gasteiger partial charge in [0.25, 0.3) is 0 Å². The van der Waals surface area contributed by atoms with Crippen LogP contribution in [0.2, 0.25) is 0 Å². The number of rotatable bonds is 6. The molecule has 116 valence electrons. The van der Waals surface area contributed by atoms with Gasteiger partial charge in [0, 0.05) is 19.5 Å². The predicted octanol–water partition coefficient (Wildman–Crippen LogP) is 1.12. The average molecular weight is 283 g/mol. The molecule has 2 amide bonds. The molecular formula is C15H29N3O2. The van der Waals surface area contributed by atoms with Crippen molar-refractivity contribution in [3.05, 3.63) is 0 Å². The van der Waals surface area contributed by atoms with Crippen LogP contribution in [0.1, 0.15) is 47.0 Å². The van der Waals surface area contributed by atoms with Gasteiger partial charge in [-0.2, -0.15) is 0 Å². The third-order valence-corrected chi connectivity index (χ3v) is 4.36. The monoisotopic (exact) mass is 283 g/mol. The summed E-state index contributed by atoms with van der Waals surface area (Å²) in [6.45, 7) is 9.75. The minimum absolute atomic E-state index is 0.0699. The summed E-state index contributed by atoms with van der Waals surface area (Å²) in [7, 11) is 0. The van der Waals surface area contributed by atoms with Gasteiger partial charge in [-0.05, 0) is 45.1 Å². The highest BCUT2D eigenvalue weighted by Crippen LogP contribution is 2.24. The molecule has 20 heavy (non-hydrogen) atoms. The molecule has 0 radical (unpaired) electrons. The summed E-state index contributed by atoms with van der Waals surface area (Å²) in [5.74, 6) is 1.02. The zero-order chi connectivity index (χ0) is 15.3. The fourth-order valence-electron chi connectivity index (χ4n) is 2.80. The first kappa shape index (κ1) is 17.0. The van der Waals surface area contributed by atoms with Crippen molar-refractivity contribution in [1.29, 1.82) is 0 Å². The highest BCUT2D eigenvalue weighted by Gasteiger charge is 2.40. The van der Waals surface area contributed by atoms with Gasteiger partial charge in [0.2, 0.25) is 11.8 Å². The zero-order valence-corrected chi connectivity index (χ0v) is 13.2. The number of nitrogens with two attached hydrogens (primary N) is 1. The van der Waals surface area contributed by atoms with E-state index in [1.165, 1.54) is 0 Å². The Morgan fingerprint density at radius 1 is 1.40 bits per heavy atom. The van der Waals surface area contributed by atoms with E-state index in [4.69, 9.17) is 5.73 Å². The Labute approximate surface area is 122 Å². The van der Waals surface area contributed by atoms with Crippen molar-refractivity contribution in [1.82, 2.24) is 10.2 Å². The predicted molar refractivity (Wildman–Crippen MR) is 80.0 cm³/mol. The van der Waals surface area contributed by atoms with E-state index in [0.29, 0.717) is 37.9 Å². The lowest BCUT2D eigenvalue weighted by Gasteiger charge is -2.41. The van der Waals surface area contributed by atoms with Crippen molar-refractivity contribution < 1.29 is 9.59 Å². The third-order valence-electron chi connectivity index (χ3n) is 4.36. The molecule has 0 aliphatic carbocycles. The summed E-state index contributed by atoms with van der Waals surface area (Å²) >= 11 is 0. The summed E-state index contributed by atoms with van der Waals surface area (Å²) in [4.78, 5) is 26.0. The average Bonchev–Trinajstić information content (AvgIpc) is 2.37. The van der Waals surface area contributed by atoms with E-state index in [9.17, 15) is 9.59 Å². The van der Waals surface area contributed by atoms with Gasteiger partial charge in [0.15, 0.2) is 0 Å². The molecule has 1 unspecified atom stereocenters. The minimum Gasteiger partial charge on any atom is -0.352 e. The number of hydrogen-bond acceptors (Lipinski definition) is 3. The number of amides is 2. The van der Waals surface area contributed by atoms with Crippen LogP contribution in [0.15, 0.2) is 0 Å². The van der Waals surface area contributed by atoms with Crippen molar-refractivity contribution in [2.75, 3.05) is 19.6 Å². The van der Waals surface area contributed by atoms with Crippen molar-refractivity contribution in [2.45, 2.75) is 52.5 Å². The molecule has 0 aromatic heterocycles. The van der Waals surface area contributed by atoms with Crippen LogP contribution in [0.5, 0.6) is 0 Å². The number of nitrogens with one attached hydrogen (secondary N) is 1. The lowest BCUT2D eigenvalue weighted by molar-refractivity contribution is -0.149. The quantitative estimate of drug-likeness (QED) is 0.767. The molecule has 1 atom stereocenters. The topological polar surface area (TPSA) is 75.4 Å². The minimum atomic E-state index is -0.740. The number of nitrogens with zero attached hydrogens (tertiary/aromatic N) is 1. The second-order valence-corrected chi connectivity index (χ2v) is 6.48. The molecule has 0 spiro atoms. The fraction of sp³-hybridized carbons (Fsp3) is 0.867. The van der Waals surface area contributed by atoms with Gasteiger partial charge in [0.1, 0.15) is 5.54 Å². The first-order chi connectivity index (χ1) is 9.30. The second kappa shape index (κ2) is 7.07. The summed E-state index contributed by atoms with van der Waals surface area (Å²) in [6.07, 6.45) is 2.30. The fourth-order valence-corrected chi connectivity index (χ4v) is 2.80. The summed E-state index contributed by atoms with van der Waals surface area (Å²) in [5.41, 5.74) is 4.89. The molecule has 0 aromatic carbocycles. The Bertz CT molecular complexity index is 353. The molecule has 0 bridgehead atoms. The largest absolute Gasteiger partial charge is 0.352 e. The standard InChI is InChI=1S/C15H29N3O2/c1-11(2)12(7-8-16)5-6-13(19)18-10-9-17-14(20)15(18,3)4/h11-12H,5-10,16H2,1-4H3,(H,17,20). The van der Waals surface area contributed by atoms with Crippen LogP contribution in [0, 0.1) is 11.8 Å². The first-order valence-electron chi connectivity index (χ1n) is 7.59. The van der Waals surface area contributed by atoms with Gasteiger partial charge in [0.05, 0.1) is 0 Å². The van der Waals surface area contributed by atoms with E-state index in [0.717, 1.165) is 12.8 Å². The van der Waals surface area contributed by atoms with Crippen LogP contribution in [0.3, 0.4) is 0 Å². The molecule has 0 saturated carbocycles. The van der Waals surface area contributed by atoms with E-state index < -0.39 is 5.54 Å². The Hall–Kier alpha value is -1.10. The van der Waals surface area contributed by atoms with Crippen LogP contribution >= 0.6 is 0 Å². The highest BCUT2D eigenvalue weighted by atomic mass is 16.2. The van der Waals surface area contributed by atoms with Crippen LogP contribution in [0.25, 0.3) is 0 Å². The lowest BCUT2D eigenvalue weighted by Crippen LogP contribution is -2.63. The second-order valence-electron chi connectivity index (χ2n) is 6.48. The maximum atomic E-state index is 12.4. The van der Waals surface area contributed by atoms with Gasteiger partial charge in [-0.1, -0.05) is 13.8 Å². The van der Waals surface area contributed by atoms with Crippen LogP contribution in [-0.4, -0.2) is 41.9 Å². The van der Waals surface area contributed by atoms with Crippen LogP contribution < -0.4 is 11.1 Å². The van der Waals surface area contributed by atoms with Gasteiger partial charge in [-0.3, -0.25) is 9.59 Å². The van der Waals surface area contributed by atoms with Gasteiger partial charge in [-0.25, -0.2) is 0 Å². The van der Waals surface area contributed by atoms with E-state index in [1.54, 1.807) is 18.7 Å². The zero-order valence-electron chi connectivity index (χ0n) is 13.2. The Morgan fingerprint density at radius 3 is 2.60 bits per heavy atom. The van der Waals surface area contributed by atoms with Crippen LogP contribution in [0.4, 0.5) is 0 Å². The van der Waals surface area contributed by atoms with Gasteiger partial charge in [-0.15, -0.1) is 0 Å². The van der Waals surface area contributed by atoms with Gasteiger partial charge >= 0.3 is 0 Å². The van der Waals surface area contributed by atoms with E-state index in [1.807, 2.05) is 0 Å². The number of piperazine rings is 1. The lowest BCUT2D eigenvalue weighted by atomic mass is 9.87. The SMILES string of the molecule is CC(C)C(CCN)CCC(=O)N1CCNC(=O)C1(C)C. The third kappa shape index (κ3) is 3.95. The first-order valence-corrected chi connectivity index (χ1v) is 7.59. The molecule has 3 N–H and O–H groups in total. The van der Waals surface area contributed by atoms with E-state index >= 15 is 0 Å². The van der Waals surface area contributed by atoms with Crippen LogP contribution in [-0.2, 0) is 9.59 Å². The molecule has 1 rings (SSSR count). The molecule has 1 aliphatic rings. The number of carbonyl (C=O) groups excluding carboxylic acids is 2. The Morgan fingerprint density at radius 2 is 2.05 bits per heavy atom. The number of hydrogen-bond donors (Lipinski definition) is 2. The van der Waals surface area contributed by atoms with Crippen molar-refractivity contribution >= 4 is 11.8 Å². The maximum Gasteiger partial charge on any atom is 0.245 e. The molecule has 1 fully saturated rings. The normalized spacial score (nSPS) is 19.9. The summed E-state index contributed by atoms with van der Waals surface area (Å²) in [6, 6.07) is 0. The Balaban J connectivity index is 2.59. The van der Waals surface area contributed by atoms with Crippen molar-refractivity contribution in [3.63, 3.8) is 0 Å². The molecular weight excluding hydrogens is 254 g/mol. The van der Waals surface area contributed by atoms with Crippen molar-refractivity contribution in [3.8, 4) is 0 Å². The van der Waals surface area contributed by atoms with Gasteiger partial charge < -0.3 is 16.0 Å². The Kier molecular flexibility index (Phi) is 5.99. The molecule has 5 nitrogen and oxygen atoms in total. The smallest absolute Gasteiger partial charge is 0.245 e. The summed E-state index contributed by atoms with van der Waals surface area (Å²) < 4.78 is 0. The molecule has 1 aliphatic heterocycles. The van der Waals surface area contributed by atoms with E-state index in [2.05, 4.69) is 19.2 Å². The molecule has 5 heteroatoms. The molecule has 1 saturated heterocycles. The summed E-state index contributed by atoms with van der Waals surface area (Å²) in [5, 5.41) is 2.81. The van der Waals surface area contributed by atoms with Crippen molar-refractivity contribution in [2.24, 2.45) is 17.6 Å². The molecule has 0 aromatic rings. The maximum absolute atomic E-state index is 12.4. The number of carbonyl (C=O) groups is 2.